The van der Waals surface area contributed by atoms with Gasteiger partial charge in [0.05, 0.1) is 12.0 Å². The molecule has 0 amide bonds. The van der Waals surface area contributed by atoms with Gasteiger partial charge >= 0.3 is 0 Å². The minimum absolute atomic E-state index is 0.145. The van der Waals surface area contributed by atoms with Crippen LogP contribution in [0.2, 0.25) is 0 Å². The lowest BCUT2D eigenvalue weighted by Crippen LogP contribution is -2.40. The van der Waals surface area contributed by atoms with Crippen molar-refractivity contribution in [3.05, 3.63) is 64.7 Å². The minimum atomic E-state index is -3.43. The first-order chi connectivity index (χ1) is 14.3. The molecule has 2 aliphatic rings. The zero-order chi connectivity index (χ0) is 21.9. The van der Waals surface area contributed by atoms with Crippen LogP contribution in [0.15, 0.2) is 64.0 Å². The molecule has 1 aromatic carbocycles. The summed E-state index contributed by atoms with van der Waals surface area (Å²) in [5, 5.41) is 3.41. The van der Waals surface area contributed by atoms with Crippen molar-refractivity contribution in [2.45, 2.75) is 37.0 Å². The predicted molar refractivity (Wildman–Crippen MR) is 119 cm³/mol. The van der Waals surface area contributed by atoms with Crippen LogP contribution >= 0.6 is 0 Å². The monoisotopic (exact) mass is 432 g/mol. The third kappa shape index (κ3) is 4.40. The lowest BCUT2D eigenvalue weighted by molar-refractivity contribution is 0.290. The van der Waals surface area contributed by atoms with E-state index in [0.717, 1.165) is 43.0 Å². The minimum Gasteiger partial charge on any atom is -0.497 e. The van der Waals surface area contributed by atoms with Gasteiger partial charge in [0.1, 0.15) is 11.6 Å². The first-order valence-corrected chi connectivity index (χ1v) is 11.6. The maximum atomic E-state index is 12.3. The standard InChI is InChI=1S/C22H32N4O3S/c1-15(19-7-5-6-8-21(19)29-4)20-13-17(14-24-22(20)25-23)16-9-11-18(12-10-16)30(27,28)26(2)3/h7-12,15,17,24-25H,5-6,13-14,23H2,1-4H3. The number of nitrogens with zero attached hydrogens (tertiary/aromatic N) is 1. The maximum absolute atomic E-state index is 12.3. The van der Waals surface area contributed by atoms with E-state index in [1.165, 1.54) is 29.5 Å². The summed E-state index contributed by atoms with van der Waals surface area (Å²) >= 11 is 0. The van der Waals surface area contributed by atoms with E-state index in [-0.39, 0.29) is 11.8 Å². The lowest BCUT2D eigenvalue weighted by atomic mass is 9.80. The number of nitrogens with two attached hydrogens (primary N) is 1. The van der Waals surface area contributed by atoms with Gasteiger partial charge in [-0.2, -0.15) is 0 Å². The molecule has 0 saturated heterocycles. The first kappa shape index (κ1) is 22.4. The van der Waals surface area contributed by atoms with Crippen molar-refractivity contribution in [1.29, 1.82) is 0 Å². The Morgan fingerprint density at radius 3 is 2.47 bits per heavy atom. The summed E-state index contributed by atoms with van der Waals surface area (Å²) in [6, 6.07) is 7.19. The number of hydrogen-bond acceptors (Lipinski definition) is 6. The van der Waals surface area contributed by atoms with E-state index < -0.39 is 10.0 Å². The molecule has 7 nitrogen and oxygen atoms in total. The Balaban J connectivity index is 1.85. The molecule has 2 unspecified atom stereocenters. The van der Waals surface area contributed by atoms with E-state index in [1.54, 1.807) is 19.2 Å². The number of hydrazine groups is 1. The molecule has 2 atom stereocenters. The number of rotatable bonds is 7. The molecule has 0 spiro atoms. The Morgan fingerprint density at radius 1 is 1.20 bits per heavy atom. The van der Waals surface area contributed by atoms with Gasteiger partial charge in [0.25, 0.3) is 0 Å². The third-order valence-electron chi connectivity index (χ3n) is 5.94. The summed E-state index contributed by atoms with van der Waals surface area (Å²) < 4.78 is 31.5. The Morgan fingerprint density at radius 2 is 1.87 bits per heavy atom. The van der Waals surface area contributed by atoms with Crippen molar-refractivity contribution in [3.8, 4) is 0 Å². The maximum Gasteiger partial charge on any atom is 0.242 e. The van der Waals surface area contributed by atoms with E-state index >= 15 is 0 Å². The molecule has 1 heterocycles. The van der Waals surface area contributed by atoms with Gasteiger partial charge in [-0.05, 0) is 54.2 Å². The molecule has 0 radical (unpaired) electrons. The van der Waals surface area contributed by atoms with E-state index in [2.05, 4.69) is 29.8 Å². The molecule has 164 valence electrons. The molecular weight excluding hydrogens is 400 g/mol. The van der Waals surface area contributed by atoms with E-state index in [1.807, 2.05) is 12.1 Å². The van der Waals surface area contributed by atoms with Crippen LogP contribution in [-0.2, 0) is 14.8 Å². The number of allylic oxidation sites excluding steroid dienone is 4. The van der Waals surface area contributed by atoms with Gasteiger partial charge in [-0.1, -0.05) is 25.1 Å². The zero-order valence-electron chi connectivity index (χ0n) is 18.1. The first-order valence-electron chi connectivity index (χ1n) is 10.2. The zero-order valence-corrected chi connectivity index (χ0v) is 18.9. The average Bonchev–Trinajstić information content (AvgIpc) is 2.78. The fourth-order valence-electron chi connectivity index (χ4n) is 4.12. The smallest absolute Gasteiger partial charge is 0.242 e. The van der Waals surface area contributed by atoms with Gasteiger partial charge < -0.3 is 15.5 Å². The highest BCUT2D eigenvalue weighted by atomic mass is 32.2. The molecule has 0 bridgehead atoms. The number of hydrogen-bond donors (Lipinski definition) is 3. The number of nitrogens with one attached hydrogen (secondary N) is 2. The second-order valence-corrected chi connectivity index (χ2v) is 10.1. The molecule has 1 aromatic rings. The van der Waals surface area contributed by atoms with Gasteiger partial charge in [-0.3, -0.25) is 0 Å². The van der Waals surface area contributed by atoms with Crippen molar-refractivity contribution >= 4 is 10.0 Å². The van der Waals surface area contributed by atoms with Crippen LogP contribution in [0.5, 0.6) is 0 Å². The van der Waals surface area contributed by atoms with Crippen LogP contribution in [-0.4, -0.2) is 40.5 Å². The summed E-state index contributed by atoms with van der Waals surface area (Å²) in [6.07, 6.45) is 7.20. The fraction of sp³-hybridized carbons (Fsp3) is 0.455. The predicted octanol–water partition coefficient (Wildman–Crippen LogP) is 2.58. The van der Waals surface area contributed by atoms with Crippen LogP contribution in [0.25, 0.3) is 0 Å². The SMILES string of the molecule is COC1=CCCC=C1C(C)C1=C(NN)NCC(c2ccc(S(=O)(=O)N(C)C)cc2)C1. The van der Waals surface area contributed by atoms with Crippen LogP contribution in [0.3, 0.4) is 0 Å². The van der Waals surface area contributed by atoms with E-state index in [4.69, 9.17) is 10.6 Å². The summed E-state index contributed by atoms with van der Waals surface area (Å²) in [6.45, 7) is 2.90. The van der Waals surface area contributed by atoms with Crippen molar-refractivity contribution in [2.75, 3.05) is 27.7 Å². The topological polar surface area (TPSA) is 96.7 Å². The molecule has 1 aliphatic heterocycles. The van der Waals surface area contributed by atoms with Crippen LogP contribution in [0.1, 0.15) is 37.7 Å². The Labute approximate surface area is 179 Å². The van der Waals surface area contributed by atoms with Gasteiger partial charge in [-0.15, -0.1) is 0 Å². The molecular formula is C22H32N4O3S. The third-order valence-corrected chi connectivity index (χ3v) is 7.77. The highest BCUT2D eigenvalue weighted by Gasteiger charge is 2.29. The van der Waals surface area contributed by atoms with E-state index in [9.17, 15) is 8.42 Å². The molecule has 0 fully saturated rings. The Hall–Kier alpha value is -2.29. The fourth-order valence-corrected chi connectivity index (χ4v) is 5.03. The number of sulfonamides is 1. The second-order valence-electron chi connectivity index (χ2n) is 7.91. The van der Waals surface area contributed by atoms with Crippen molar-refractivity contribution < 1.29 is 13.2 Å². The van der Waals surface area contributed by atoms with E-state index in [0.29, 0.717) is 4.90 Å². The molecule has 1 aliphatic carbocycles. The van der Waals surface area contributed by atoms with Gasteiger partial charge in [0.15, 0.2) is 0 Å². The molecule has 4 N–H and O–H groups in total. The quantitative estimate of drug-likeness (QED) is 0.453. The summed E-state index contributed by atoms with van der Waals surface area (Å²) in [4.78, 5) is 0.302. The summed E-state index contributed by atoms with van der Waals surface area (Å²) in [7, 11) is 1.35. The highest BCUT2D eigenvalue weighted by Crippen LogP contribution is 2.38. The number of benzene rings is 1. The molecule has 0 aromatic heterocycles. The number of methoxy groups -OCH3 is 1. The number of ether oxygens (including phenoxy) is 1. The van der Waals surface area contributed by atoms with Crippen LogP contribution < -0.4 is 16.6 Å². The summed E-state index contributed by atoms with van der Waals surface area (Å²) in [5.74, 6) is 7.95. The average molecular weight is 433 g/mol. The summed E-state index contributed by atoms with van der Waals surface area (Å²) in [5.41, 5.74) is 6.29. The second kappa shape index (κ2) is 9.24. The molecule has 3 rings (SSSR count). The Kier molecular flexibility index (Phi) is 6.90. The van der Waals surface area contributed by atoms with Gasteiger partial charge in [-0.25, -0.2) is 18.6 Å². The molecule has 8 heteroatoms. The Bertz CT molecular complexity index is 963. The van der Waals surface area contributed by atoms with Crippen LogP contribution in [0.4, 0.5) is 0 Å². The van der Waals surface area contributed by atoms with Crippen LogP contribution in [0, 0.1) is 5.92 Å². The molecule has 0 saturated carbocycles. The van der Waals surface area contributed by atoms with Crippen molar-refractivity contribution in [1.82, 2.24) is 15.0 Å². The van der Waals surface area contributed by atoms with Crippen molar-refractivity contribution in [2.24, 2.45) is 11.8 Å². The van der Waals surface area contributed by atoms with Crippen molar-refractivity contribution in [3.63, 3.8) is 0 Å². The highest BCUT2D eigenvalue weighted by molar-refractivity contribution is 7.89. The lowest BCUT2D eigenvalue weighted by Gasteiger charge is -2.33. The van der Waals surface area contributed by atoms with Gasteiger partial charge in [0.2, 0.25) is 10.0 Å². The normalized spacial score (nSPS) is 20.9. The molecule has 30 heavy (non-hydrogen) atoms. The largest absolute Gasteiger partial charge is 0.497 e. The van der Waals surface area contributed by atoms with Gasteiger partial charge in [0, 0.05) is 32.5 Å².